The van der Waals surface area contributed by atoms with Gasteiger partial charge in [-0.3, -0.25) is 0 Å². The minimum atomic E-state index is -3.83. The number of rotatable bonds is 5. The van der Waals surface area contributed by atoms with E-state index < -0.39 is 16.1 Å². The molecule has 1 unspecified atom stereocenters. The predicted molar refractivity (Wildman–Crippen MR) is 119 cm³/mol. The highest BCUT2D eigenvalue weighted by Gasteiger charge is 2.37. The molecule has 5 nitrogen and oxygen atoms in total. The maximum Gasteiger partial charge on any atom is 0.279 e. The Bertz CT molecular complexity index is 1170. The van der Waals surface area contributed by atoms with E-state index in [1.165, 1.54) is 4.41 Å². The van der Waals surface area contributed by atoms with Crippen molar-refractivity contribution in [3.63, 3.8) is 0 Å². The maximum atomic E-state index is 13.5. The van der Waals surface area contributed by atoms with Crippen molar-refractivity contribution in [1.82, 2.24) is 4.41 Å². The van der Waals surface area contributed by atoms with Crippen molar-refractivity contribution in [2.45, 2.75) is 24.3 Å². The largest absolute Gasteiger partial charge is 0.497 e. The van der Waals surface area contributed by atoms with E-state index in [2.05, 4.69) is 5.10 Å². The van der Waals surface area contributed by atoms with Gasteiger partial charge in [-0.05, 0) is 54.4 Å². The van der Waals surface area contributed by atoms with Gasteiger partial charge in [0.1, 0.15) is 5.75 Å². The fourth-order valence-electron chi connectivity index (χ4n) is 3.42. The van der Waals surface area contributed by atoms with Crippen LogP contribution < -0.4 is 4.74 Å². The molecule has 0 saturated heterocycles. The second-order valence-corrected chi connectivity index (χ2v) is 9.37. The van der Waals surface area contributed by atoms with Gasteiger partial charge in [-0.2, -0.15) is 17.9 Å². The van der Waals surface area contributed by atoms with E-state index in [0.717, 1.165) is 16.7 Å². The molecule has 1 atom stereocenters. The lowest BCUT2D eigenvalue weighted by atomic mass is 9.99. The molecule has 1 heterocycles. The normalized spacial score (nSPS) is 16.4. The van der Waals surface area contributed by atoms with Crippen LogP contribution in [0, 0.1) is 6.92 Å². The van der Waals surface area contributed by atoms with Gasteiger partial charge in [-0.15, -0.1) is 0 Å². The summed E-state index contributed by atoms with van der Waals surface area (Å²) < 4.78 is 33.4. The lowest BCUT2D eigenvalue weighted by Crippen LogP contribution is -2.27. The van der Waals surface area contributed by atoms with Crippen LogP contribution in [-0.4, -0.2) is 25.7 Å². The highest BCUT2D eigenvalue weighted by Crippen LogP contribution is 2.37. The van der Waals surface area contributed by atoms with Gasteiger partial charge >= 0.3 is 0 Å². The smallest absolute Gasteiger partial charge is 0.279 e. The van der Waals surface area contributed by atoms with Crippen LogP contribution in [0.1, 0.15) is 29.2 Å². The Balaban J connectivity index is 1.78. The third-order valence-corrected chi connectivity index (χ3v) is 7.06. The minimum Gasteiger partial charge on any atom is -0.497 e. The molecule has 0 saturated carbocycles. The Hall–Kier alpha value is -2.83. The summed E-state index contributed by atoms with van der Waals surface area (Å²) in [6, 6.07) is 21.0. The summed E-state index contributed by atoms with van der Waals surface area (Å²) in [6.45, 7) is 1.92. The Morgan fingerprint density at radius 3 is 2.20 bits per heavy atom. The first-order valence-corrected chi connectivity index (χ1v) is 11.3. The van der Waals surface area contributed by atoms with Crippen LogP contribution in [0.15, 0.2) is 82.8 Å². The number of hydrazone groups is 1. The van der Waals surface area contributed by atoms with Crippen LogP contribution >= 0.6 is 11.6 Å². The molecular formula is C23H21ClN2O3S. The number of aryl methyl sites for hydroxylation is 1. The van der Waals surface area contributed by atoms with E-state index in [4.69, 9.17) is 16.3 Å². The summed E-state index contributed by atoms with van der Waals surface area (Å²) in [4.78, 5) is 0.215. The zero-order valence-electron chi connectivity index (χ0n) is 16.6. The van der Waals surface area contributed by atoms with Crippen LogP contribution in [0.2, 0.25) is 5.02 Å². The number of methoxy groups -OCH3 is 1. The molecule has 0 amide bonds. The van der Waals surface area contributed by atoms with Crippen molar-refractivity contribution in [3.05, 3.63) is 94.5 Å². The zero-order valence-corrected chi connectivity index (χ0v) is 18.2. The first kappa shape index (κ1) is 20.4. The molecule has 0 aromatic heterocycles. The molecule has 1 aliphatic heterocycles. The van der Waals surface area contributed by atoms with E-state index >= 15 is 0 Å². The topological polar surface area (TPSA) is 59.0 Å². The number of hydrogen-bond acceptors (Lipinski definition) is 4. The first-order chi connectivity index (χ1) is 14.4. The fraction of sp³-hybridized carbons (Fsp3) is 0.174. The van der Waals surface area contributed by atoms with Gasteiger partial charge in [0.25, 0.3) is 10.0 Å². The second kappa shape index (κ2) is 8.13. The summed E-state index contributed by atoms with van der Waals surface area (Å²) in [5, 5.41) is 5.17. The molecule has 7 heteroatoms. The van der Waals surface area contributed by atoms with Gasteiger partial charge in [0, 0.05) is 11.4 Å². The molecule has 3 aromatic rings. The van der Waals surface area contributed by atoms with Gasteiger partial charge in [-0.1, -0.05) is 53.6 Å². The van der Waals surface area contributed by atoms with Crippen molar-refractivity contribution in [1.29, 1.82) is 0 Å². The minimum absolute atomic E-state index is 0.215. The van der Waals surface area contributed by atoms with Crippen molar-refractivity contribution in [2.75, 3.05) is 7.11 Å². The fourth-order valence-corrected chi connectivity index (χ4v) is 4.98. The Labute approximate surface area is 181 Å². The van der Waals surface area contributed by atoms with Crippen LogP contribution in [0.25, 0.3) is 0 Å². The standard InChI is InChI=1S/C23H21ClN2O3S/c1-16-3-13-21(14-4-16)30(27,28)26-23(18-7-11-20(29-2)12-8-18)15-22(25-26)17-5-9-19(24)10-6-17/h3-14,23H,15H2,1-2H3. The summed E-state index contributed by atoms with van der Waals surface area (Å²) in [5.41, 5.74) is 3.38. The Kier molecular flexibility index (Phi) is 5.54. The van der Waals surface area contributed by atoms with Crippen molar-refractivity contribution in [3.8, 4) is 5.75 Å². The molecule has 1 aliphatic rings. The molecular weight excluding hydrogens is 420 g/mol. The highest BCUT2D eigenvalue weighted by molar-refractivity contribution is 7.89. The lowest BCUT2D eigenvalue weighted by Gasteiger charge is -2.23. The molecule has 0 radical (unpaired) electrons. The molecule has 0 N–H and O–H groups in total. The van der Waals surface area contributed by atoms with Crippen molar-refractivity contribution < 1.29 is 13.2 Å². The van der Waals surface area contributed by atoms with Gasteiger partial charge in [0.05, 0.1) is 23.8 Å². The molecule has 4 rings (SSSR count). The number of ether oxygens (including phenoxy) is 1. The molecule has 30 heavy (non-hydrogen) atoms. The molecule has 0 fully saturated rings. The van der Waals surface area contributed by atoms with E-state index in [1.54, 1.807) is 43.5 Å². The van der Waals surface area contributed by atoms with Crippen molar-refractivity contribution in [2.24, 2.45) is 5.10 Å². The van der Waals surface area contributed by atoms with Crippen LogP contribution in [0.3, 0.4) is 0 Å². The maximum absolute atomic E-state index is 13.5. The number of benzene rings is 3. The summed E-state index contributed by atoms with van der Waals surface area (Å²) >= 11 is 6.01. The van der Waals surface area contributed by atoms with E-state index in [-0.39, 0.29) is 4.90 Å². The summed E-state index contributed by atoms with van der Waals surface area (Å²) in [5.74, 6) is 0.712. The Morgan fingerprint density at radius 1 is 0.967 bits per heavy atom. The third kappa shape index (κ3) is 3.93. The van der Waals surface area contributed by atoms with Crippen LogP contribution in [0.4, 0.5) is 0 Å². The van der Waals surface area contributed by atoms with Gasteiger partial charge < -0.3 is 4.74 Å². The number of hydrogen-bond donors (Lipinski definition) is 0. The molecule has 154 valence electrons. The highest BCUT2D eigenvalue weighted by atomic mass is 35.5. The number of nitrogens with zero attached hydrogens (tertiary/aromatic N) is 2. The molecule has 0 bridgehead atoms. The third-order valence-electron chi connectivity index (χ3n) is 5.12. The average molecular weight is 441 g/mol. The van der Waals surface area contributed by atoms with Crippen LogP contribution in [0.5, 0.6) is 5.75 Å². The predicted octanol–water partition coefficient (Wildman–Crippen LogP) is 5.20. The number of halogens is 1. The average Bonchev–Trinajstić information content (AvgIpc) is 3.21. The first-order valence-electron chi connectivity index (χ1n) is 9.47. The summed E-state index contributed by atoms with van der Waals surface area (Å²) in [6.07, 6.45) is 0.457. The summed E-state index contributed by atoms with van der Waals surface area (Å²) in [7, 11) is -2.23. The monoisotopic (exact) mass is 440 g/mol. The van der Waals surface area contributed by atoms with Crippen LogP contribution in [-0.2, 0) is 10.0 Å². The van der Waals surface area contributed by atoms with E-state index in [9.17, 15) is 8.42 Å². The second-order valence-electron chi connectivity index (χ2n) is 7.14. The van der Waals surface area contributed by atoms with Crippen molar-refractivity contribution >= 4 is 27.3 Å². The molecule has 0 aliphatic carbocycles. The molecule has 3 aromatic carbocycles. The van der Waals surface area contributed by atoms with Gasteiger partial charge in [-0.25, -0.2) is 0 Å². The number of sulfonamides is 1. The quantitative estimate of drug-likeness (QED) is 0.548. The SMILES string of the molecule is COc1ccc(C2CC(c3ccc(Cl)cc3)=NN2S(=O)(=O)c2ccc(C)cc2)cc1. The Morgan fingerprint density at radius 2 is 1.60 bits per heavy atom. The molecule has 0 spiro atoms. The van der Waals surface area contributed by atoms with Gasteiger partial charge in [0.15, 0.2) is 0 Å². The zero-order chi connectivity index (χ0) is 21.3. The lowest BCUT2D eigenvalue weighted by molar-refractivity contribution is 0.370. The van der Waals surface area contributed by atoms with E-state index in [0.29, 0.717) is 22.9 Å². The van der Waals surface area contributed by atoms with E-state index in [1.807, 2.05) is 43.3 Å². The van der Waals surface area contributed by atoms with Gasteiger partial charge in [0.2, 0.25) is 0 Å².